The zero-order chi connectivity index (χ0) is 22.1. The number of halogens is 1. The van der Waals surface area contributed by atoms with Crippen molar-refractivity contribution in [2.45, 2.75) is 38.9 Å². The lowest BCUT2D eigenvalue weighted by Gasteiger charge is -2.13. The minimum Gasteiger partial charge on any atom is -0.382 e. The Labute approximate surface area is 184 Å². The molecule has 3 amide bonds. The van der Waals surface area contributed by atoms with E-state index in [0.717, 1.165) is 11.8 Å². The van der Waals surface area contributed by atoms with Gasteiger partial charge in [0, 0.05) is 31.3 Å². The van der Waals surface area contributed by atoms with E-state index in [2.05, 4.69) is 15.6 Å². The molecule has 2 rings (SSSR count). The number of fused-ring (bicyclic) bond motifs is 1. The highest BCUT2D eigenvalue weighted by Gasteiger charge is 2.15. The topological polar surface area (TPSA) is 102 Å². The minimum absolute atomic E-state index is 0.0565. The van der Waals surface area contributed by atoms with E-state index in [-0.39, 0.29) is 17.2 Å². The maximum absolute atomic E-state index is 13.0. The molecule has 164 valence electrons. The summed E-state index contributed by atoms with van der Waals surface area (Å²) in [6.07, 6.45) is 0.631. The summed E-state index contributed by atoms with van der Waals surface area (Å²) in [4.78, 5) is 41.4. The summed E-state index contributed by atoms with van der Waals surface area (Å²) in [6.45, 7) is 7.82. The number of nitrogens with one attached hydrogen (secondary N) is 2. The van der Waals surface area contributed by atoms with Crippen molar-refractivity contribution in [1.29, 1.82) is 0 Å². The molecule has 1 heterocycles. The fourth-order valence-electron chi connectivity index (χ4n) is 2.58. The Bertz CT molecular complexity index is 948. The standard InChI is InChI=1S/C20H27ClN4O4S/c1-4-29-9-5-8-25-18(27)15-7-6-14(21)10-16(15)23-20(25)30-12-17(26)24-19(28)22-11-13(2)3/h6-7,10,13H,4-5,8-9,11-12H2,1-3H3,(H2,22,24,26,28). The molecule has 0 fully saturated rings. The molecule has 0 saturated carbocycles. The highest BCUT2D eigenvalue weighted by molar-refractivity contribution is 7.99. The van der Waals surface area contributed by atoms with Crippen LogP contribution in [0.3, 0.4) is 0 Å². The fourth-order valence-corrected chi connectivity index (χ4v) is 3.58. The summed E-state index contributed by atoms with van der Waals surface area (Å²) < 4.78 is 6.89. The first-order chi connectivity index (χ1) is 14.3. The first kappa shape index (κ1) is 24.2. The highest BCUT2D eigenvalue weighted by Crippen LogP contribution is 2.20. The second kappa shape index (κ2) is 11.9. The van der Waals surface area contributed by atoms with E-state index >= 15 is 0 Å². The molecule has 2 N–H and O–H groups in total. The van der Waals surface area contributed by atoms with E-state index in [4.69, 9.17) is 16.3 Å². The van der Waals surface area contributed by atoms with E-state index in [1.165, 1.54) is 4.57 Å². The Morgan fingerprint density at radius 2 is 2.10 bits per heavy atom. The van der Waals surface area contributed by atoms with Gasteiger partial charge >= 0.3 is 6.03 Å². The van der Waals surface area contributed by atoms with Crippen molar-refractivity contribution in [2.75, 3.05) is 25.5 Å². The lowest BCUT2D eigenvalue weighted by atomic mass is 10.2. The van der Waals surface area contributed by atoms with Crippen molar-refractivity contribution in [3.8, 4) is 0 Å². The maximum Gasteiger partial charge on any atom is 0.321 e. The summed E-state index contributed by atoms with van der Waals surface area (Å²) in [7, 11) is 0. The molecule has 8 nitrogen and oxygen atoms in total. The van der Waals surface area contributed by atoms with Gasteiger partial charge < -0.3 is 10.1 Å². The molecule has 0 bridgehead atoms. The van der Waals surface area contributed by atoms with Crippen LogP contribution >= 0.6 is 23.4 Å². The predicted octanol–water partition coefficient (Wildman–Crippen LogP) is 3.05. The van der Waals surface area contributed by atoms with Crippen LogP contribution in [0.1, 0.15) is 27.2 Å². The fraction of sp³-hybridized carbons (Fsp3) is 0.500. The van der Waals surface area contributed by atoms with E-state index in [1.54, 1.807) is 18.2 Å². The quantitative estimate of drug-likeness (QED) is 0.325. The number of ether oxygens (including phenoxy) is 1. The molecule has 1 aromatic carbocycles. The van der Waals surface area contributed by atoms with Crippen molar-refractivity contribution in [3.63, 3.8) is 0 Å². The Morgan fingerprint density at radius 1 is 1.33 bits per heavy atom. The van der Waals surface area contributed by atoms with Crippen LogP contribution in [0.5, 0.6) is 0 Å². The molecule has 1 aromatic heterocycles. The number of rotatable bonds is 10. The molecule has 0 saturated heterocycles. The zero-order valence-corrected chi connectivity index (χ0v) is 18.9. The predicted molar refractivity (Wildman–Crippen MR) is 119 cm³/mol. The maximum atomic E-state index is 13.0. The van der Waals surface area contributed by atoms with Gasteiger partial charge in [-0.15, -0.1) is 0 Å². The van der Waals surface area contributed by atoms with E-state index in [1.807, 2.05) is 20.8 Å². The number of nitrogens with zero attached hydrogens (tertiary/aromatic N) is 2. The lowest BCUT2D eigenvalue weighted by Crippen LogP contribution is -2.41. The van der Waals surface area contributed by atoms with Crippen molar-refractivity contribution >= 4 is 46.2 Å². The van der Waals surface area contributed by atoms with Crippen LogP contribution in [-0.4, -0.2) is 47.0 Å². The Hall–Kier alpha value is -2.10. The number of thioether (sulfide) groups is 1. The van der Waals surface area contributed by atoms with Gasteiger partial charge in [-0.3, -0.25) is 19.5 Å². The summed E-state index contributed by atoms with van der Waals surface area (Å²) >= 11 is 7.13. The van der Waals surface area contributed by atoms with Crippen LogP contribution in [0.15, 0.2) is 28.2 Å². The largest absolute Gasteiger partial charge is 0.382 e. The number of urea groups is 1. The second-order valence-electron chi connectivity index (χ2n) is 7.00. The average Bonchev–Trinajstić information content (AvgIpc) is 2.69. The summed E-state index contributed by atoms with van der Waals surface area (Å²) in [5.41, 5.74) is 0.261. The van der Waals surface area contributed by atoms with Crippen LogP contribution in [0.25, 0.3) is 10.9 Å². The molecular formula is C20H27ClN4O4S. The van der Waals surface area contributed by atoms with Crippen LogP contribution < -0.4 is 16.2 Å². The summed E-state index contributed by atoms with van der Waals surface area (Å²) in [5.74, 6) is -0.249. The molecule has 0 aliphatic heterocycles. The van der Waals surface area contributed by atoms with Gasteiger partial charge in [-0.2, -0.15) is 0 Å². The molecule has 0 aliphatic carbocycles. The molecule has 0 atom stereocenters. The molecule has 0 spiro atoms. The molecule has 0 unspecified atom stereocenters. The summed E-state index contributed by atoms with van der Waals surface area (Å²) in [5, 5.41) is 6.22. The van der Waals surface area contributed by atoms with Gasteiger partial charge in [0.2, 0.25) is 5.91 Å². The van der Waals surface area contributed by atoms with E-state index in [0.29, 0.717) is 53.8 Å². The van der Waals surface area contributed by atoms with Crippen molar-refractivity contribution in [1.82, 2.24) is 20.2 Å². The monoisotopic (exact) mass is 454 g/mol. The van der Waals surface area contributed by atoms with E-state index < -0.39 is 11.9 Å². The molecule has 30 heavy (non-hydrogen) atoms. The van der Waals surface area contributed by atoms with Gasteiger partial charge in [0.1, 0.15) is 0 Å². The Kier molecular flexibility index (Phi) is 9.61. The Balaban J connectivity index is 2.15. The third-order valence-electron chi connectivity index (χ3n) is 4.01. The molecule has 0 radical (unpaired) electrons. The molecule has 10 heteroatoms. The van der Waals surface area contributed by atoms with Gasteiger partial charge in [-0.1, -0.05) is 37.2 Å². The minimum atomic E-state index is -0.540. The van der Waals surface area contributed by atoms with Gasteiger partial charge in [-0.25, -0.2) is 9.78 Å². The number of hydrogen-bond donors (Lipinski definition) is 2. The number of imide groups is 1. The average molecular weight is 455 g/mol. The molecule has 2 aromatic rings. The molecular weight excluding hydrogens is 428 g/mol. The number of carbonyl (C=O) groups excluding carboxylic acids is 2. The van der Waals surface area contributed by atoms with Crippen molar-refractivity contribution < 1.29 is 14.3 Å². The van der Waals surface area contributed by atoms with Crippen LogP contribution in [-0.2, 0) is 16.1 Å². The van der Waals surface area contributed by atoms with E-state index in [9.17, 15) is 14.4 Å². The lowest BCUT2D eigenvalue weighted by molar-refractivity contribution is -0.117. The SMILES string of the molecule is CCOCCCn1c(SCC(=O)NC(=O)NCC(C)C)nc2cc(Cl)ccc2c1=O. The number of aromatic nitrogens is 2. The highest BCUT2D eigenvalue weighted by atomic mass is 35.5. The molecule has 0 aliphatic rings. The smallest absolute Gasteiger partial charge is 0.321 e. The third kappa shape index (κ3) is 7.30. The van der Waals surface area contributed by atoms with Crippen LogP contribution in [0.2, 0.25) is 5.02 Å². The first-order valence-electron chi connectivity index (χ1n) is 9.80. The number of carbonyl (C=O) groups is 2. The van der Waals surface area contributed by atoms with Crippen molar-refractivity contribution in [3.05, 3.63) is 33.6 Å². The second-order valence-corrected chi connectivity index (χ2v) is 8.38. The van der Waals surface area contributed by atoms with Crippen LogP contribution in [0, 0.1) is 5.92 Å². The number of benzene rings is 1. The van der Waals surface area contributed by atoms with Crippen LogP contribution in [0.4, 0.5) is 4.79 Å². The van der Waals surface area contributed by atoms with Gasteiger partial charge in [0.25, 0.3) is 5.56 Å². The third-order valence-corrected chi connectivity index (χ3v) is 5.22. The number of hydrogen-bond acceptors (Lipinski definition) is 6. The summed E-state index contributed by atoms with van der Waals surface area (Å²) in [6, 6.07) is 4.37. The van der Waals surface area contributed by atoms with Gasteiger partial charge in [0.05, 0.1) is 16.7 Å². The van der Waals surface area contributed by atoms with Gasteiger partial charge in [0.15, 0.2) is 5.16 Å². The zero-order valence-electron chi connectivity index (χ0n) is 17.4. The first-order valence-corrected chi connectivity index (χ1v) is 11.2. The number of amides is 3. The Morgan fingerprint density at radius 3 is 2.80 bits per heavy atom. The normalized spacial score (nSPS) is 11.1. The van der Waals surface area contributed by atoms with Crippen molar-refractivity contribution in [2.24, 2.45) is 5.92 Å². The van der Waals surface area contributed by atoms with Gasteiger partial charge in [-0.05, 0) is 37.5 Å².